The largest absolute Gasteiger partial charge is 0.504 e. The maximum absolute atomic E-state index is 12.8. The quantitative estimate of drug-likeness (QED) is 0.624. The average molecular weight is 387 g/mol. The second-order valence-corrected chi connectivity index (χ2v) is 6.23. The van der Waals surface area contributed by atoms with E-state index in [1.807, 2.05) is 0 Å². The van der Waals surface area contributed by atoms with Crippen molar-refractivity contribution in [1.29, 1.82) is 0 Å². The van der Waals surface area contributed by atoms with Crippen LogP contribution in [-0.2, 0) is 9.59 Å². The van der Waals surface area contributed by atoms with Crippen LogP contribution in [0.25, 0.3) is 6.08 Å². The molecule has 1 fully saturated rings. The summed E-state index contributed by atoms with van der Waals surface area (Å²) in [6, 6.07) is 8.24. The van der Waals surface area contributed by atoms with Gasteiger partial charge in [-0.3, -0.25) is 14.9 Å². The summed E-state index contributed by atoms with van der Waals surface area (Å²) in [5, 5.41) is 12.4. The van der Waals surface area contributed by atoms with E-state index in [4.69, 9.17) is 16.3 Å². The normalized spacial score (nSPS) is 15.9. The Labute approximate surface area is 159 Å². The third-order valence-corrected chi connectivity index (χ3v) is 4.44. The Morgan fingerprint density at radius 1 is 1.15 bits per heavy atom. The Kier molecular flexibility index (Phi) is 4.87. The van der Waals surface area contributed by atoms with Gasteiger partial charge < -0.3 is 9.84 Å². The molecule has 7 nitrogen and oxygen atoms in total. The van der Waals surface area contributed by atoms with Crippen molar-refractivity contribution in [3.8, 4) is 11.5 Å². The first-order chi connectivity index (χ1) is 12.8. The molecule has 1 heterocycles. The summed E-state index contributed by atoms with van der Waals surface area (Å²) in [4.78, 5) is 38.0. The van der Waals surface area contributed by atoms with E-state index in [9.17, 15) is 19.5 Å². The molecule has 1 aliphatic rings. The van der Waals surface area contributed by atoms with Crippen LogP contribution in [0, 0.1) is 6.92 Å². The molecule has 138 valence electrons. The molecule has 0 aromatic heterocycles. The number of nitrogens with one attached hydrogen (secondary N) is 1. The minimum atomic E-state index is -0.861. The molecule has 1 aliphatic heterocycles. The Morgan fingerprint density at radius 2 is 1.89 bits per heavy atom. The first kappa shape index (κ1) is 18.5. The molecule has 3 rings (SSSR count). The zero-order valence-corrected chi connectivity index (χ0v) is 15.2. The van der Waals surface area contributed by atoms with Gasteiger partial charge in [0.15, 0.2) is 11.5 Å². The van der Waals surface area contributed by atoms with Gasteiger partial charge in [0.25, 0.3) is 11.8 Å². The molecule has 0 radical (unpaired) electrons. The molecule has 1 saturated heterocycles. The van der Waals surface area contributed by atoms with Gasteiger partial charge in [-0.05, 0) is 48.4 Å². The number of phenols is 1. The molecular weight excluding hydrogens is 372 g/mol. The number of benzene rings is 2. The molecule has 0 saturated carbocycles. The first-order valence-corrected chi connectivity index (χ1v) is 8.24. The summed E-state index contributed by atoms with van der Waals surface area (Å²) >= 11 is 6.08. The molecule has 0 bridgehead atoms. The molecular formula is C19H15ClN2O5. The van der Waals surface area contributed by atoms with E-state index < -0.39 is 17.8 Å². The Hall–Kier alpha value is -3.32. The fourth-order valence-corrected chi connectivity index (χ4v) is 2.75. The van der Waals surface area contributed by atoms with Crippen molar-refractivity contribution in [1.82, 2.24) is 5.32 Å². The summed E-state index contributed by atoms with van der Waals surface area (Å²) in [6.07, 6.45) is 1.28. The number of imide groups is 2. The standard InChI is InChI=1S/C19H15ClN2O5/c1-10-3-5-12(9-14(10)20)22-18(25)13(17(24)21-19(22)26)7-11-4-6-16(27-2)15(23)8-11/h3-9,23H,1-2H3,(H,21,24,26)/b13-7-. The highest BCUT2D eigenvalue weighted by Crippen LogP contribution is 2.29. The summed E-state index contributed by atoms with van der Waals surface area (Å²) in [5.74, 6) is -1.51. The van der Waals surface area contributed by atoms with Crippen molar-refractivity contribution in [2.24, 2.45) is 0 Å². The minimum Gasteiger partial charge on any atom is -0.504 e. The predicted molar refractivity (Wildman–Crippen MR) is 99.8 cm³/mol. The van der Waals surface area contributed by atoms with Crippen molar-refractivity contribution in [3.63, 3.8) is 0 Å². The number of rotatable bonds is 3. The van der Waals surface area contributed by atoms with Crippen LogP contribution in [-0.4, -0.2) is 30.1 Å². The number of anilines is 1. The number of barbiturate groups is 1. The molecule has 0 atom stereocenters. The Balaban J connectivity index is 2.01. The van der Waals surface area contributed by atoms with E-state index in [2.05, 4.69) is 5.32 Å². The fourth-order valence-electron chi connectivity index (χ4n) is 2.58. The van der Waals surface area contributed by atoms with Crippen molar-refractivity contribution in [2.75, 3.05) is 12.0 Å². The third kappa shape index (κ3) is 3.50. The van der Waals surface area contributed by atoms with Crippen LogP contribution >= 0.6 is 11.6 Å². The molecule has 0 unspecified atom stereocenters. The van der Waals surface area contributed by atoms with Crippen LogP contribution in [0.5, 0.6) is 11.5 Å². The van der Waals surface area contributed by atoms with E-state index in [0.29, 0.717) is 10.6 Å². The smallest absolute Gasteiger partial charge is 0.335 e. The summed E-state index contributed by atoms with van der Waals surface area (Å²) < 4.78 is 4.96. The molecule has 0 aliphatic carbocycles. The number of methoxy groups -OCH3 is 1. The number of carbonyl (C=O) groups excluding carboxylic acids is 3. The number of amides is 4. The lowest BCUT2D eigenvalue weighted by atomic mass is 10.1. The lowest BCUT2D eigenvalue weighted by Gasteiger charge is -2.26. The molecule has 2 aromatic carbocycles. The third-order valence-electron chi connectivity index (χ3n) is 4.03. The second kappa shape index (κ2) is 7.13. The SMILES string of the molecule is COc1ccc(/C=C2/C(=O)NC(=O)N(c3ccc(C)c(Cl)c3)C2=O)cc1O. The van der Waals surface area contributed by atoms with Gasteiger partial charge in [0.05, 0.1) is 12.8 Å². The summed E-state index contributed by atoms with van der Waals surface area (Å²) in [6.45, 7) is 1.79. The zero-order chi connectivity index (χ0) is 19.7. The van der Waals surface area contributed by atoms with E-state index in [0.717, 1.165) is 10.5 Å². The van der Waals surface area contributed by atoms with Gasteiger partial charge >= 0.3 is 6.03 Å². The fraction of sp³-hybridized carbons (Fsp3) is 0.105. The first-order valence-electron chi connectivity index (χ1n) is 7.86. The van der Waals surface area contributed by atoms with Gasteiger partial charge in [-0.15, -0.1) is 0 Å². The number of halogens is 1. The molecule has 8 heteroatoms. The van der Waals surface area contributed by atoms with Crippen LogP contribution in [0.4, 0.5) is 10.5 Å². The van der Waals surface area contributed by atoms with Crippen LogP contribution < -0.4 is 15.0 Å². The van der Waals surface area contributed by atoms with Gasteiger partial charge in [0.1, 0.15) is 5.57 Å². The number of urea groups is 1. The van der Waals surface area contributed by atoms with E-state index in [1.54, 1.807) is 25.1 Å². The zero-order valence-electron chi connectivity index (χ0n) is 14.4. The van der Waals surface area contributed by atoms with Gasteiger partial charge in [-0.25, -0.2) is 9.69 Å². The second-order valence-electron chi connectivity index (χ2n) is 5.82. The average Bonchev–Trinajstić information content (AvgIpc) is 2.61. The number of nitrogens with zero attached hydrogens (tertiary/aromatic N) is 1. The van der Waals surface area contributed by atoms with E-state index in [1.165, 1.54) is 31.4 Å². The predicted octanol–water partition coefficient (Wildman–Crippen LogP) is 3.03. The molecule has 0 spiro atoms. The van der Waals surface area contributed by atoms with Crippen molar-refractivity contribution >= 4 is 41.2 Å². The van der Waals surface area contributed by atoms with Gasteiger partial charge in [0.2, 0.25) is 0 Å². The molecule has 27 heavy (non-hydrogen) atoms. The van der Waals surface area contributed by atoms with E-state index >= 15 is 0 Å². The molecule has 2 aromatic rings. The van der Waals surface area contributed by atoms with Crippen LogP contribution in [0.1, 0.15) is 11.1 Å². The number of aryl methyl sites for hydroxylation is 1. The summed E-state index contributed by atoms with van der Waals surface area (Å²) in [5.41, 5.74) is 1.16. The van der Waals surface area contributed by atoms with Gasteiger partial charge in [-0.1, -0.05) is 23.7 Å². The van der Waals surface area contributed by atoms with Gasteiger partial charge in [0, 0.05) is 5.02 Å². The number of hydrogen-bond acceptors (Lipinski definition) is 5. The highest BCUT2D eigenvalue weighted by molar-refractivity contribution is 6.39. The number of phenolic OH excluding ortho intramolecular Hbond substituents is 1. The number of hydrogen-bond donors (Lipinski definition) is 2. The van der Waals surface area contributed by atoms with Crippen LogP contribution in [0.2, 0.25) is 5.02 Å². The number of ether oxygens (including phenoxy) is 1. The topological polar surface area (TPSA) is 95.9 Å². The monoisotopic (exact) mass is 386 g/mol. The van der Waals surface area contributed by atoms with Gasteiger partial charge in [-0.2, -0.15) is 0 Å². The van der Waals surface area contributed by atoms with E-state index in [-0.39, 0.29) is 22.8 Å². The Bertz CT molecular complexity index is 1000. The Morgan fingerprint density at radius 3 is 2.52 bits per heavy atom. The summed E-state index contributed by atoms with van der Waals surface area (Å²) in [7, 11) is 1.40. The van der Waals surface area contributed by atoms with Crippen LogP contribution in [0.15, 0.2) is 42.0 Å². The number of aromatic hydroxyl groups is 1. The lowest BCUT2D eigenvalue weighted by molar-refractivity contribution is -0.122. The molecule has 4 amide bonds. The lowest BCUT2D eigenvalue weighted by Crippen LogP contribution is -2.54. The highest BCUT2D eigenvalue weighted by Gasteiger charge is 2.37. The maximum atomic E-state index is 12.8. The molecule has 2 N–H and O–H groups in total. The van der Waals surface area contributed by atoms with Crippen molar-refractivity contribution in [3.05, 3.63) is 58.1 Å². The number of carbonyl (C=O) groups is 3. The van der Waals surface area contributed by atoms with Crippen molar-refractivity contribution in [2.45, 2.75) is 6.92 Å². The van der Waals surface area contributed by atoms with Crippen molar-refractivity contribution < 1.29 is 24.2 Å². The van der Waals surface area contributed by atoms with Crippen LogP contribution in [0.3, 0.4) is 0 Å². The highest BCUT2D eigenvalue weighted by atomic mass is 35.5. The maximum Gasteiger partial charge on any atom is 0.335 e. The minimum absolute atomic E-state index is 0.145.